The summed E-state index contributed by atoms with van der Waals surface area (Å²) in [6.45, 7) is 0. The van der Waals surface area contributed by atoms with Gasteiger partial charge >= 0.3 is 6.18 Å². The van der Waals surface area contributed by atoms with Gasteiger partial charge in [0.05, 0.1) is 17.4 Å². The Morgan fingerprint density at radius 1 is 0.960 bits per heavy atom. The van der Waals surface area contributed by atoms with E-state index in [9.17, 15) is 13.2 Å². The molecule has 3 rings (SSSR count). The molecule has 0 atom stereocenters. The van der Waals surface area contributed by atoms with Crippen LogP contribution in [0.25, 0.3) is 0 Å². The summed E-state index contributed by atoms with van der Waals surface area (Å²) in [5.74, 6) is 0.264. The second kappa shape index (κ2) is 6.94. The van der Waals surface area contributed by atoms with Crippen molar-refractivity contribution in [3.05, 3.63) is 65.3 Å². The number of rotatable bonds is 4. The Morgan fingerprint density at radius 3 is 2.44 bits per heavy atom. The van der Waals surface area contributed by atoms with Crippen molar-refractivity contribution in [2.45, 2.75) is 6.18 Å². The summed E-state index contributed by atoms with van der Waals surface area (Å²) >= 11 is 5.67. The van der Waals surface area contributed by atoms with Gasteiger partial charge in [0, 0.05) is 10.7 Å². The second-order valence-electron chi connectivity index (χ2n) is 4.97. The zero-order valence-corrected chi connectivity index (χ0v) is 13.3. The van der Waals surface area contributed by atoms with E-state index in [1.807, 2.05) is 18.2 Å². The molecule has 1 heterocycles. The molecule has 0 fully saturated rings. The van der Waals surface area contributed by atoms with E-state index in [0.717, 1.165) is 11.8 Å². The molecule has 0 aliphatic carbocycles. The third-order valence-corrected chi connectivity index (χ3v) is 3.37. The maximum absolute atomic E-state index is 13.1. The van der Waals surface area contributed by atoms with Gasteiger partial charge in [0.2, 0.25) is 5.95 Å². The van der Waals surface area contributed by atoms with Crippen LogP contribution < -0.4 is 10.6 Å². The SMILES string of the molecule is FC(F)(F)c1cc(Cl)ccc1Nc1cnnc(Nc2ccccc2)n1. The van der Waals surface area contributed by atoms with Crippen LogP contribution in [0.1, 0.15) is 5.56 Å². The van der Waals surface area contributed by atoms with Crippen molar-refractivity contribution in [3.8, 4) is 0 Å². The van der Waals surface area contributed by atoms with E-state index in [2.05, 4.69) is 25.8 Å². The number of para-hydroxylation sites is 1. The van der Waals surface area contributed by atoms with E-state index in [4.69, 9.17) is 11.6 Å². The Bertz CT molecular complexity index is 871. The second-order valence-corrected chi connectivity index (χ2v) is 5.41. The fourth-order valence-electron chi connectivity index (χ4n) is 2.07. The molecule has 9 heteroatoms. The first-order valence-corrected chi connectivity index (χ1v) is 7.45. The highest BCUT2D eigenvalue weighted by Gasteiger charge is 2.34. The summed E-state index contributed by atoms with van der Waals surface area (Å²) in [6, 6.07) is 12.5. The van der Waals surface area contributed by atoms with Crippen molar-refractivity contribution in [1.29, 1.82) is 0 Å². The fourth-order valence-corrected chi connectivity index (χ4v) is 2.24. The van der Waals surface area contributed by atoms with Gasteiger partial charge in [-0.05, 0) is 30.3 Å². The third-order valence-electron chi connectivity index (χ3n) is 3.14. The largest absolute Gasteiger partial charge is 0.418 e. The first kappa shape index (κ1) is 17.0. The molecule has 0 bridgehead atoms. The van der Waals surface area contributed by atoms with E-state index in [0.29, 0.717) is 0 Å². The molecule has 0 aliphatic rings. The van der Waals surface area contributed by atoms with Crippen LogP contribution in [0.15, 0.2) is 54.7 Å². The van der Waals surface area contributed by atoms with Gasteiger partial charge in [-0.3, -0.25) is 0 Å². The van der Waals surface area contributed by atoms with Gasteiger partial charge < -0.3 is 10.6 Å². The van der Waals surface area contributed by atoms with Crippen LogP contribution in [0.2, 0.25) is 5.02 Å². The van der Waals surface area contributed by atoms with Gasteiger partial charge in [0.15, 0.2) is 5.82 Å². The maximum atomic E-state index is 13.1. The fraction of sp³-hybridized carbons (Fsp3) is 0.0625. The van der Waals surface area contributed by atoms with Crippen molar-refractivity contribution < 1.29 is 13.2 Å². The molecule has 25 heavy (non-hydrogen) atoms. The lowest BCUT2D eigenvalue weighted by Gasteiger charge is -2.14. The normalized spacial score (nSPS) is 11.2. The van der Waals surface area contributed by atoms with Crippen molar-refractivity contribution >= 4 is 34.7 Å². The monoisotopic (exact) mass is 365 g/mol. The van der Waals surface area contributed by atoms with E-state index in [-0.39, 0.29) is 22.5 Å². The molecule has 3 aromatic rings. The topological polar surface area (TPSA) is 62.7 Å². The predicted molar refractivity (Wildman–Crippen MR) is 89.3 cm³/mol. The molecule has 1 aromatic heterocycles. The number of hydrogen-bond donors (Lipinski definition) is 2. The lowest BCUT2D eigenvalue weighted by molar-refractivity contribution is -0.136. The van der Waals surface area contributed by atoms with Crippen molar-refractivity contribution in [2.24, 2.45) is 0 Å². The average molecular weight is 366 g/mol. The average Bonchev–Trinajstić information content (AvgIpc) is 2.57. The number of benzene rings is 2. The van der Waals surface area contributed by atoms with Crippen LogP contribution in [0.4, 0.5) is 36.3 Å². The number of halogens is 4. The summed E-state index contributed by atoms with van der Waals surface area (Å²) in [5.41, 5.74) is -0.344. The van der Waals surface area contributed by atoms with Gasteiger partial charge in [-0.25, -0.2) is 0 Å². The van der Waals surface area contributed by atoms with Crippen LogP contribution in [0.3, 0.4) is 0 Å². The van der Waals surface area contributed by atoms with Crippen LogP contribution in [-0.4, -0.2) is 15.2 Å². The molecule has 0 unspecified atom stereocenters. The highest BCUT2D eigenvalue weighted by Crippen LogP contribution is 2.37. The molecule has 0 saturated heterocycles. The zero-order valence-electron chi connectivity index (χ0n) is 12.5. The molecular formula is C16H11ClF3N5. The summed E-state index contributed by atoms with van der Waals surface area (Å²) in [6.07, 6.45) is -3.33. The van der Waals surface area contributed by atoms with Crippen LogP contribution in [-0.2, 0) is 6.18 Å². The third kappa shape index (κ3) is 4.36. The first-order chi connectivity index (χ1) is 11.9. The summed E-state index contributed by atoms with van der Waals surface area (Å²) in [4.78, 5) is 4.11. The molecule has 5 nitrogen and oxygen atoms in total. The Balaban J connectivity index is 1.86. The first-order valence-electron chi connectivity index (χ1n) is 7.07. The molecule has 0 spiro atoms. The van der Waals surface area contributed by atoms with Crippen LogP contribution in [0, 0.1) is 0 Å². The standard InChI is InChI=1S/C16H11ClF3N5/c17-10-6-7-13(12(8-10)16(18,19)20)23-14-9-21-25-15(24-14)22-11-4-2-1-3-5-11/h1-9H,(H2,22,23,24,25). The van der Waals surface area contributed by atoms with Crippen LogP contribution in [0.5, 0.6) is 0 Å². The van der Waals surface area contributed by atoms with Crippen molar-refractivity contribution in [1.82, 2.24) is 15.2 Å². The number of nitrogens with zero attached hydrogens (tertiary/aromatic N) is 3. The smallest absolute Gasteiger partial charge is 0.338 e. The maximum Gasteiger partial charge on any atom is 0.418 e. The van der Waals surface area contributed by atoms with E-state index in [1.165, 1.54) is 18.3 Å². The van der Waals surface area contributed by atoms with Gasteiger partial charge in [-0.1, -0.05) is 29.8 Å². The van der Waals surface area contributed by atoms with Crippen molar-refractivity contribution in [2.75, 3.05) is 10.6 Å². The number of hydrogen-bond acceptors (Lipinski definition) is 5. The minimum Gasteiger partial charge on any atom is -0.338 e. The molecular weight excluding hydrogens is 355 g/mol. The quantitative estimate of drug-likeness (QED) is 0.679. The Hall–Kier alpha value is -2.87. The van der Waals surface area contributed by atoms with E-state index in [1.54, 1.807) is 12.1 Å². The molecule has 0 amide bonds. The van der Waals surface area contributed by atoms with Crippen LogP contribution >= 0.6 is 11.6 Å². The number of nitrogens with one attached hydrogen (secondary N) is 2. The van der Waals surface area contributed by atoms with Crippen molar-refractivity contribution in [3.63, 3.8) is 0 Å². The van der Waals surface area contributed by atoms with Gasteiger partial charge in [-0.15, -0.1) is 5.10 Å². The number of aromatic nitrogens is 3. The minimum absolute atomic E-state index is 0.00915. The number of anilines is 4. The highest BCUT2D eigenvalue weighted by molar-refractivity contribution is 6.30. The Kier molecular flexibility index (Phi) is 4.71. The van der Waals surface area contributed by atoms with Gasteiger partial charge in [-0.2, -0.15) is 23.3 Å². The van der Waals surface area contributed by atoms with E-state index < -0.39 is 11.7 Å². The molecule has 128 valence electrons. The lowest BCUT2D eigenvalue weighted by Crippen LogP contribution is -2.10. The van der Waals surface area contributed by atoms with E-state index >= 15 is 0 Å². The summed E-state index contributed by atoms with van der Waals surface area (Å²) < 4.78 is 39.4. The summed E-state index contributed by atoms with van der Waals surface area (Å²) in [7, 11) is 0. The lowest BCUT2D eigenvalue weighted by atomic mass is 10.1. The zero-order chi connectivity index (χ0) is 17.9. The molecule has 2 aromatic carbocycles. The van der Waals surface area contributed by atoms with Gasteiger partial charge in [0.25, 0.3) is 0 Å². The van der Waals surface area contributed by atoms with Gasteiger partial charge in [0.1, 0.15) is 0 Å². The molecule has 0 aliphatic heterocycles. The summed E-state index contributed by atoms with van der Waals surface area (Å²) in [5, 5.41) is 13.1. The molecule has 0 saturated carbocycles. The Morgan fingerprint density at radius 2 is 1.72 bits per heavy atom. The predicted octanol–water partition coefficient (Wildman–Crippen LogP) is 5.03. The number of alkyl halides is 3. The Labute approximate surface area is 145 Å². The molecule has 0 radical (unpaired) electrons. The molecule has 2 N–H and O–H groups in total. The minimum atomic E-state index is -4.56. The highest BCUT2D eigenvalue weighted by atomic mass is 35.5.